The van der Waals surface area contributed by atoms with E-state index in [1.54, 1.807) is 31.2 Å². The summed E-state index contributed by atoms with van der Waals surface area (Å²) in [7, 11) is 1.41. The van der Waals surface area contributed by atoms with Gasteiger partial charge in [0.2, 0.25) is 0 Å². The lowest BCUT2D eigenvalue weighted by Crippen LogP contribution is -2.29. The van der Waals surface area contributed by atoms with E-state index in [1.165, 1.54) is 24.1 Å². The second-order valence-corrected chi connectivity index (χ2v) is 10.6. The monoisotopic (exact) mass is 535 g/mol. The van der Waals surface area contributed by atoms with E-state index in [4.69, 9.17) is 21.1 Å². The number of carbonyl (C=O) groups is 2. The Kier molecular flexibility index (Phi) is 7.42. The van der Waals surface area contributed by atoms with Gasteiger partial charge < -0.3 is 24.6 Å². The lowest BCUT2D eigenvalue weighted by atomic mass is 9.94. The Balaban J connectivity index is 1.82. The number of hydrogen-bond donors (Lipinski definition) is 2. The summed E-state index contributed by atoms with van der Waals surface area (Å²) in [6, 6.07) is 15.9. The number of rotatable bonds is 6. The SMILES string of the molecule is COc1c(Cl)cc(C)cc1/C(O)=C1\C(=O)C(=O)N(Cc2ccc(OC(C)(C)C)cc2)C1c1ccc(O)cc1. The number of Topliss-reactive ketones (excluding diaryl/α,β-unsaturated/α-hetero) is 1. The Bertz CT molecular complexity index is 1400. The average molecular weight is 536 g/mol. The number of aryl methyl sites for hydroxylation is 1. The highest BCUT2D eigenvalue weighted by Crippen LogP contribution is 2.43. The maximum absolute atomic E-state index is 13.4. The van der Waals surface area contributed by atoms with Gasteiger partial charge in [-0.3, -0.25) is 9.59 Å². The van der Waals surface area contributed by atoms with Crippen LogP contribution in [0.5, 0.6) is 17.2 Å². The Morgan fingerprint density at radius 2 is 1.66 bits per heavy atom. The molecule has 0 bridgehead atoms. The quantitative estimate of drug-likeness (QED) is 0.223. The molecule has 2 N–H and O–H groups in total. The molecule has 198 valence electrons. The second kappa shape index (κ2) is 10.4. The van der Waals surface area contributed by atoms with E-state index in [-0.39, 0.29) is 45.6 Å². The van der Waals surface area contributed by atoms with Crippen molar-refractivity contribution in [2.24, 2.45) is 0 Å². The highest BCUT2D eigenvalue weighted by molar-refractivity contribution is 6.46. The maximum atomic E-state index is 13.4. The number of ether oxygens (including phenoxy) is 2. The van der Waals surface area contributed by atoms with Crippen LogP contribution in [-0.4, -0.2) is 39.5 Å². The molecule has 1 aliphatic heterocycles. The Hall–Kier alpha value is -3.97. The Morgan fingerprint density at radius 3 is 2.24 bits per heavy atom. The molecule has 0 aliphatic carbocycles. The summed E-state index contributed by atoms with van der Waals surface area (Å²) < 4.78 is 11.3. The topological polar surface area (TPSA) is 96.3 Å². The predicted molar refractivity (Wildman–Crippen MR) is 146 cm³/mol. The molecule has 7 nitrogen and oxygen atoms in total. The zero-order valence-corrected chi connectivity index (χ0v) is 22.7. The number of amides is 1. The van der Waals surface area contributed by atoms with Crippen molar-refractivity contribution in [2.75, 3.05) is 7.11 Å². The molecule has 1 aliphatic rings. The standard InChI is InChI=1S/C30H30ClNO6/c1-17-14-22(28(37-5)23(31)15-17)26(34)24-25(19-8-10-20(33)11-9-19)32(29(36)27(24)35)16-18-6-12-21(13-7-18)38-30(2,3)4/h6-15,25,33-34H,16H2,1-5H3/b26-24+. The number of phenolic OH excluding ortho intramolecular Hbond substituents is 1. The molecule has 0 saturated carbocycles. The first kappa shape index (κ1) is 27.1. The van der Waals surface area contributed by atoms with E-state index >= 15 is 0 Å². The summed E-state index contributed by atoms with van der Waals surface area (Å²) in [6.45, 7) is 7.76. The highest BCUT2D eigenvalue weighted by Gasteiger charge is 2.46. The molecule has 38 heavy (non-hydrogen) atoms. The molecular weight excluding hydrogens is 506 g/mol. The van der Waals surface area contributed by atoms with Gasteiger partial charge in [-0.15, -0.1) is 0 Å². The minimum absolute atomic E-state index is 0.0345. The summed E-state index contributed by atoms with van der Waals surface area (Å²) in [4.78, 5) is 28.2. The van der Waals surface area contributed by atoms with Crippen LogP contribution in [0.3, 0.4) is 0 Å². The predicted octanol–water partition coefficient (Wildman–Crippen LogP) is 6.16. The number of aliphatic hydroxyl groups is 1. The van der Waals surface area contributed by atoms with Gasteiger partial charge in [0.1, 0.15) is 28.6 Å². The molecule has 3 aromatic carbocycles. The normalized spacial score (nSPS) is 17.1. The summed E-state index contributed by atoms with van der Waals surface area (Å²) in [6.07, 6.45) is 0. The van der Waals surface area contributed by atoms with Gasteiger partial charge in [0.15, 0.2) is 0 Å². The summed E-state index contributed by atoms with van der Waals surface area (Å²) in [5.41, 5.74) is 1.82. The number of methoxy groups -OCH3 is 1. The van der Waals surface area contributed by atoms with Crippen LogP contribution in [0.25, 0.3) is 5.76 Å². The lowest BCUT2D eigenvalue weighted by Gasteiger charge is -2.26. The summed E-state index contributed by atoms with van der Waals surface area (Å²) in [5, 5.41) is 21.6. The first-order valence-electron chi connectivity index (χ1n) is 12.1. The van der Waals surface area contributed by atoms with Crippen LogP contribution in [-0.2, 0) is 16.1 Å². The van der Waals surface area contributed by atoms with E-state index in [2.05, 4.69) is 0 Å². The van der Waals surface area contributed by atoms with Gasteiger partial charge in [-0.1, -0.05) is 35.9 Å². The van der Waals surface area contributed by atoms with Gasteiger partial charge in [-0.2, -0.15) is 0 Å². The van der Waals surface area contributed by atoms with Crippen molar-refractivity contribution >= 4 is 29.1 Å². The molecule has 1 saturated heterocycles. The van der Waals surface area contributed by atoms with Gasteiger partial charge in [-0.05, 0) is 80.8 Å². The molecule has 1 atom stereocenters. The molecule has 0 spiro atoms. The molecule has 1 heterocycles. The number of carbonyl (C=O) groups excluding carboxylic acids is 2. The van der Waals surface area contributed by atoms with Crippen LogP contribution in [0.15, 0.2) is 66.2 Å². The summed E-state index contributed by atoms with van der Waals surface area (Å²) in [5.74, 6) is -1.06. The number of hydrogen-bond acceptors (Lipinski definition) is 6. The maximum Gasteiger partial charge on any atom is 0.295 e. The number of aliphatic hydroxyl groups excluding tert-OH is 1. The van der Waals surface area contributed by atoms with Crippen LogP contribution in [0, 0.1) is 6.92 Å². The van der Waals surface area contributed by atoms with E-state index in [0.29, 0.717) is 11.3 Å². The average Bonchev–Trinajstić information content (AvgIpc) is 3.09. The molecule has 0 radical (unpaired) electrons. The van der Waals surface area contributed by atoms with E-state index in [1.807, 2.05) is 45.0 Å². The lowest BCUT2D eigenvalue weighted by molar-refractivity contribution is -0.140. The highest BCUT2D eigenvalue weighted by atomic mass is 35.5. The van der Waals surface area contributed by atoms with Crippen molar-refractivity contribution in [3.63, 3.8) is 0 Å². The number of ketones is 1. The molecule has 1 unspecified atom stereocenters. The minimum Gasteiger partial charge on any atom is -0.508 e. The minimum atomic E-state index is -0.912. The Labute approximate surface area is 226 Å². The van der Waals surface area contributed by atoms with Crippen LogP contribution >= 0.6 is 11.6 Å². The van der Waals surface area contributed by atoms with E-state index < -0.39 is 17.7 Å². The van der Waals surface area contributed by atoms with Crippen LogP contribution in [0.2, 0.25) is 5.02 Å². The van der Waals surface area contributed by atoms with Gasteiger partial charge in [-0.25, -0.2) is 0 Å². The number of phenols is 1. The number of aromatic hydroxyl groups is 1. The van der Waals surface area contributed by atoms with E-state index in [9.17, 15) is 19.8 Å². The fraction of sp³-hybridized carbons (Fsp3) is 0.267. The molecule has 4 rings (SSSR count). The fourth-order valence-corrected chi connectivity index (χ4v) is 4.87. The fourth-order valence-electron chi connectivity index (χ4n) is 4.52. The van der Waals surface area contributed by atoms with Crippen molar-refractivity contribution < 1.29 is 29.3 Å². The van der Waals surface area contributed by atoms with Crippen molar-refractivity contribution in [1.82, 2.24) is 4.90 Å². The van der Waals surface area contributed by atoms with Crippen molar-refractivity contribution in [2.45, 2.75) is 45.9 Å². The number of nitrogens with zero attached hydrogens (tertiary/aromatic N) is 1. The van der Waals surface area contributed by atoms with Gasteiger partial charge >= 0.3 is 0 Å². The molecular formula is C30H30ClNO6. The molecule has 0 aromatic heterocycles. The first-order chi connectivity index (χ1) is 17.9. The van der Waals surface area contributed by atoms with Gasteiger partial charge in [0.05, 0.1) is 29.3 Å². The largest absolute Gasteiger partial charge is 0.508 e. The summed E-state index contributed by atoms with van der Waals surface area (Å²) >= 11 is 6.35. The first-order valence-corrected chi connectivity index (χ1v) is 12.5. The second-order valence-electron chi connectivity index (χ2n) is 10.2. The third kappa shape index (κ3) is 5.48. The number of likely N-dealkylation sites (tertiary alicyclic amines) is 1. The van der Waals surface area contributed by atoms with Gasteiger partial charge in [0.25, 0.3) is 11.7 Å². The van der Waals surface area contributed by atoms with Crippen molar-refractivity contribution in [3.8, 4) is 17.2 Å². The van der Waals surface area contributed by atoms with Crippen LogP contribution in [0.4, 0.5) is 0 Å². The molecule has 8 heteroatoms. The number of halogens is 1. The van der Waals surface area contributed by atoms with Crippen molar-refractivity contribution in [1.29, 1.82) is 0 Å². The van der Waals surface area contributed by atoms with Crippen molar-refractivity contribution in [3.05, 3.63) is 93.5 Å². The smallest absolute Gasteiger partial charge is 0.295 e. The van der Waals surface area contributed by atoms with Gasteiger partial charge in [0, 0.05) is 6.54 Å². The number of benzene rings is 3. The Morgan fingerprint density at radius 1 is 1.03 bits per heavy atom. The van der Waals surface area contributed by atoms with Crippen LogP contribution in [0.1, 0.15) is 49.1 Å². The third-order valence-corrected chi connectivity index (χ3v) is 6.38. The molecule has 1 fully saturated rings. The molecule has 1 amide bonds. The van der Waals surface area contributed by atoms with Crippen LogP contribution < -0.4 is 9.47 Å². The van der Waals surface area contributed by atoms with E-state index in [0.717, 1.165) is 11.1 Å². The zero-order chi connectivity index (χ0) is 27.8. The zero-order valence-electron chi connectivity index (χ0n) is 21.9. The molecule has 3 aromatic rings. The third-order valence-electron chi connectivity index (χ3n) is 6.10.